The molecule has 3 N–H and O–H groups in total. The van der Waals surface area contributed by atoms with Gasteiger partial charge in [0.2, 0.25) is 5.91 Å². The van der Waals surface area contributed by atoms with E-state index in [2.05, 4.69) is 5.32 Å². The van der Waals surface area contributed by atoms with Crippen LogP contribution >= 0.6 is 0 Å². The van der Waals surface area contributed by atoms with Gasteiger partial charge in [0.05, 0.1) is 11.3 Å². The number of hydrogen-bond acceptors (Lipinski definition) is 4. The SMILES string of the molecule is O=C(CCCC(=O)c1ccccc1)Nc1ccc(C(=O)O)cc1O. The molecule has 0 aromatic heterocycles. The Kier molecular flexibility index (Phi) is 5.68. The Morgan fingerprint density at radius 2 is 1.62 bits per heavy atom. The zero-order valence-corrected chi connectivity index (χ0v) is 12.9. The fourth-order valence-electron chi connectivity index (χ4n) is 2.16. The van der Waals surface area contributed by atoms with Gasteiger partial charge in [-0.1, -0.05) is 30.3 Å². The van der Waals surface area contributed by atoms with Crippen molar-refractivity contribution in [3.8, 4) is 5.75 Å². The lowest BCUT2D eigenvalue weighted by molar-refractivity contribution is -0.116. The molecule has 0 radical (unpaired) electrons. The standard InChI is InChI=1S/C18H17NO5/c20-15(12-5-2-1-3-6-12)7-4-8-17(22)19-14-10-9-13(18(23)24)11-16(14)21/h1-3,5-6,9-11,21H,4,7-8H2,(H,19,22)(H,23,24). The molecule has 2 aromatic carbocycles. The zero-order valence-electron chi connectivity index (χ0n) is 12.9. The third-order valence-electron chi connectivity index (χ3n) is 3.42. The van der Waals surface area contributed by atoms with Gasteiger partial charge < -0.3 is 15.5 Å². The Labute approximate surface area is 138 Å². The van der Waals surface area contributed by atoms with Crippen molar-refractivity contribution in [3.05, 3.63) is 59.7 Å². The van der Waals surface area contributed by atoms with Crippen LogP contribution < -0.4 is 5.32 Å². The number of nitrogens with one attached hydrogen (secondary N) is 1. The molecule has 2 rings (SSSR count). The summed E-state index contributed by atoms with van der Waals surface area (Å²) in [4.78, 5) is 34.5. The predicted octanol–water partition coefficient (Wildman–Crippen LogP) is 3.08. The number of phenols is 1. The highest BCUT2D eigenvalue weighted by molar-refractivity contribution is 5.97. The minimum Gasteiger partial charge on any atom is -0.506 e. The van der Waals surface area contributed by atoms with Gasteiger partial charge in [-0.3, -0.25) is 9.59 Å². The number of aromatic carboxylic acids is 1. The number of carboxylic acid groups (broad SMARTS) is 1. The average Bonchev–Trinajstić information content (AvgIpc) is 2.57. The van der Waals surface area contributed by atoms with Crippen molar-refractivity contribution in [1.29, 1.82) is 0 Å². The number of rotatable bonds is 7. The molecule has 0 aliphatic rings. The summed E-state index contributed by atoms with van der Waals surface area (Å²) in [7, 11) is 0. The van der Waals surface area contributed by atoms with Crippen molar-refractivity contribution in [2.45, 2.75) is 19.3 Å². The third kappa shape index (κ3) is 4.67. The van der Waals surface area contributed by atoms with Gasteiger partial charge in [-0.2, -0.15) is 0 Å². The summed E-state index contributed by atoms with van der Waals surface area (Å²) >= 11 is 0. The van der Waals surface area contributed by atoms with Gasteiger partial charge in [0.15, 0.2) is 5.78 Å². The minimum absolute atomic E-state index is 0.0305. The van der Waals surface area contributed by atoms with E-state index < -0.39 is 5.97 Å². The number of anilines is 1. The fraction of sp³-hybridized carbons (Fsp3) is 0.167. The van der Waals surface area contributed by atoms with Gasteiger partial charge in [0.25, 0.3) is 0 Å². The number of carboxylic acids is 1. The van der Waals surface area contributed by atoms with E-state index in [1.165, 1.54) is 12.1 Å². The number of hydrogen-bond donors (Lipinski definition) is 3. The van der Waals surface area contributed by atoms with Crippen LogP contribution in [0.4, 0.5) is 5.69 Å². The van der Waals surface area contributed by atoms with E-state index in [0.717, 1.165) is 6.07 Å². The lowest BCUT2D eigenvalue weighted by Gasteiger charge is -2.08. The number of carbonyl (C=O) groups is 3. The van der Waals surface area contributed by atoms with Gasteiger partial charge in [-0.15, -0.1) is 0 Å². The molecule has 0 unspecified atom stereocenters. The van der Waals surface area contributed by atoms with Crippen LogP contribution in [-0.2, 0) is 4.79 Å². The Morgan fingerprint density at radius 1 is 0.917 bits per heavy atom. The van der Waals surface area contributed by atoms with Gasteiger partial charge in [0.1, 0.15) is 5.75 Å². The van der Waals surface area contributed by atoms with E-state index in [9.17, 15) is 19.5 Å². The molecule has 0 aliphatic heterocycles. The van der Waals surface area contributed by atoms with Gasteiger partial charge in [0, 0.05) is 18.4 Å². The van der Waals surface area contributed by atoms with E-state index in [4.69, 9.17) is 5.11 Å². The maximum Gasteiger partial charge on any atom is 0.335 e. The Bertz CT molecular complexity index is 755. The third-order valence-corrected chi connectivity index (χ3v) is 3.42. The summed E-state index contributed by atoms with van der Waals surface area (Å²) < 4.78 is 0. The number of phenolic OH excluding ortho intramolecular Hbond substituents is 1. The van der Waals surface area contributed by atoms with Crippen LogP contribution in [0.15, 0.2) is 48.5 Å². The first kappa shape index (κ1) is 17.2. The zero-order chi connectivity index (χ0) is 17.5. The van der Waals surface area contributed by atoms with Crippen LogP contribution in [0, 0.1) is 0 Å². The van der Waals surface area contributed by atoms with Gasteiger partial charge in [-0.05, 0) is 24.6 Å². The maximum absolute atomic E-state index is 11.9. The molecule has 0 spiro atoms. The van der Waals surface area contributed by atoms with E-state index in [1.807, 2.05) is 6.07 Å². The topological polar surface area (TPSA) is 104 Å². The van der Waals surface area contributed by atoms with E-state index in [-0.39, 0.29) is 41.5 Å². The van der Waals surface area contributed by atoms with Crippen molar-refractivity contribution < 1.29 is 24.6 Å². The lowest BCUT2D eigenvalue weighted by atomic mass is 10.1. The second-order valence-electron chi connectivity index (χ2n) is 5.23. The molecule has 6 heteroatoms. The van der Waals surface area contributed by atoms with Crippen LogP contribution in [0.1, 0.15) is 40.0 Å². The van der Waals surface area contributed by atoms with E-state index >= 15 is 0 Å². The summed E-state index contributed by atoms with van der Waals surface area (Å²) in [5.74, 6) is -1.86. The number of Topliss-reactive ketones (excluding diaryl/α,β-unsaturated/α-hetero) is 1. The summed E-state index contributed by atoms with van der Waals surface area (Å²) in [5.41, 5.74) is 0.679. The Hall–Kier alpha value is -3.15. The molecule has 2 aromatic rings. The molecule has 0 aliphatic carbocycles. The second-order valence-corrected chi connectivity index (χ2v) is 5.23. The molecule has 0 saturated carbocycles. The monoisotopic (exact) mass is 327 g/mol. The van der Waals surface area contributed by atoms with Gasteiger partial charge in [-0.25, -0.2) is 4.79 Å². The smallest absolute Gasteiger partial charge is 0.335 e. The molecule has 0 saturated heterocycles. The van der Waals surface area contributed by atoms with Crippen LogP contribution in [0.25, 0.3) is 0 Å². The summed E-state index contributed by atoms with van der Waals surface area (Å²) in [6, 6.07) is 12.5. The molecular formula is C18H17NO5. The highest BCUT2D eigenvalue weighted by Gasteiger charge is 2.11. The number of amides is 1. The van der Waals surface area contributed by atoms with Crippen molar-refractivity contribution in [2.75, 3.05) is 5.32 Å². The number of ketones is 1. The minimum atomic E-state index is -1.16. The molecular weight excluding hydrogens is 310 g/mol. The summed E-state index contributed by atoms with van der Waals surface area (Å²) in [5, 5.41) is 21.0. The molecule has 0 heterocycles. The molecule has 0 atom stereocenters. The van der Waals surface area contributed by atoms with Crippen molar-refractivity contribution in [3.63, 3.8) is 0 Å². The average molecular weight is 327 g/mol. The van der Waals surface area contributed by atoms with Crippen LogP contribution in [0.2, 0.25) is 0 Å². The highest BCUT2D eigenvalue weighted by Crippen LogP contribution is 2.24. The molecule has 0 bridgehead atoms. The first-order chi connectivity index (χ1) is 11.5. The predicted molar refractivity (Wildman–Crippen MR) is 88.3 cm³/mol. The van der Waals surface area contributed by atoms with E-state index in [1.54, 1.807) is 24.3 Å². The maximum atomic E-state index is 11.9. The first-order valence-corrected chi connectivity index (χ1v) is 7.42. The van der Waals surface area contributed by atoms with Crippen LogP contribution in [-0.4, -0.2) is 27.9 Å². The summed E-state index contributed by atoms with van der Waals surface area (Å²) in [6.07, 6.45) is 0.758. The molecule has 24 heavy (non-hydrogen) atoms. The Balaban J connectivity index is 1.83. The van der Waals surface area contributed by atoms with Crippen molar-refractivity contribution >= 4 is 23.3 Å². The normalized spacial score (nSPS) is 10.2. The van der Waals surface area contributed by atoms with E-state index in [0.29, 0.717) is 12.0 Å². The van der Waals surface area contributed by atoms with Crippen molar-refractivity contribution in [1.82, 2.24) is 0 Å². The number of carbonyl (C=O) groups excluding carboxylic acids is 2. The number of benzene rings is 2. The molecule has 124 valence electrons. The molecule has 6 nitrogen and oxygen atoms in total. The number of aromatic hydroxyl groups is 1. The van der Waals surface area contributed by atoms with Crippen molar-refractivity contribution in [2.24, 2.45) is 0 Å². The quantitative estimate of drug-likeness (QED) is 0.535. The Morgan fingerprint density at radius 3 is 2.25 bits per heavy atom. The first-order valence-electron chi connectivity index (χ1n) is 7.42. The largest absolute Gasteiger partial charge is 0.506 e. The lowest BCUT2D eigenvalue weighted by Crippen LogP contribution is -2.12. The molecule has 0 fully saturated rings. The highest BCUT2D eigenvalue weighted by atomic mass is 16.4. The molecule has 1 amide bonds. The summed E-state index contributed by atoms with van der Waals surface area (Å²) in [6.45, 7) is 0. The van der Waals surface area contributed by atoms with Gasteiger partial charge >= 0.3 is 5.97 Å². The fourth-order valence-corrected chi connectivity index (χ4v) is 2.16. The van der Waals surface area contributed by atoms with Crippen LogP contribution in [0.3, 0.4) is 0 Å². The van der Waals surface area contributed by atoms with Crippen LogP contribution in [0.5, 0.6) is 5.75 Å². The second kappa shape index (κ2) is 7.92.